The first-order valence-electron chi connectivity index (χ1n) is 11.1. The van der Waals surface area contributed by atoms with Crippen molar-refractivity contribution in [2.45, 2.75) is 45.1 Å². The molecule has 0 bridgehead atoms. The van der Waals surface area contributed by atoms with Crippen molar-refractivity contribution in [3.63, 3.8) is 0 Å². The number of anilines is 1. The van der Waals surface area contributed by atoms with Gasteiger partial charge in [-0.15, -0.1) is 0 Å². The second kappa shape index (κ2) is 8.71. The van der Waals surface area contributed by atoms with Crippen LogP contribution in [-0.4, -0.2) is 23.3 Å². The quantitative estimate of drug-likeness (QED) is 0.529. The lowest BCUT2D eigenvalue weighted by Gasteiger charge is -2.23. The van der Waals surface area contributed by atoms with E-state index in [4.69, 9.17) is 0 Å². The molecule has 1 aliphatic heterocycles. The average Bonchev–Trinajstić information content (AvgIpc) is 3.00. The van der Waals surface area contributed by atoms with Gasteiger partial charge < -0.3 is 10.0 Å². The van der Waals surface area contributed by atoms with Crippen molar-refractivity contribution in [1.82, 2.24) is 0 Å². The number of Topliss-reactive ketones (excluding diaryl/α,β-unsaturated/α-hetero) is 1. The number of nitrogens with zero attached hydrogens (tertiary/aromatic N) is 1. The summed E-state index contributed by atoms with van der Waals surface area (Å²) in [4.78, 5) is 28.4. The highest BCUT2D eigenvalue weighted by molar-refractivity contribution is 6.11. The van der Waals surface area contributed by atoms with Gasteiger partial charge in [-0.25, -0.2) is 0 Å². The SMILES string of the molecule is Cc1ccc(C(C)C)cc1C(=O)C[C@@]1(O)C(=O)N(CCc2ccccc2)c2ccccc21. The number of para-hydroxylation sites is 1. The molecule has 3 aromatic carbocycles. The molecule has 4 nitrogen and oxygen atoms in total. The van der Waals surface area contributed by atoms with Gasteiger partial charge in [0, 0.05) is 17.7 Å². The average molecular weight is 428 g/mol. The molecular formula is C28H29NO3. The Hall–Kier alpha value is -3.24. The summed E-state index contributed by atoms with van der Waals surface area (Å²) in [6.07, 6.45) is 0.396. The fourth-order valence-corrected chi connectivity index (χ4v) is 4.41. The molecule has 0 aliphatic carbocycles. The van der Waals surface area contributed by atoms with Crippen molar-refractivity contribution in [2.24, 2.45) is 0 Å². The highest BCUT2D eigenvalue weighted by atomic mass is 16.3. The topological polar surface area (TPSA) is 57.6 Å². The van der Waals surface area contributed by atoms with Crippen LogP contribution < -0.4 is 4.90 Å². The van der Waals surface area contributed by atoms with Crippen molar-refractivity contribution in [3.05, 3.63) is 101 Å². The Morgan fingerprint density at radius 3 is 2.41 bits per heavy atom. The fraction of sp³-hybridized carbons (Fsp3) is 0.286. The van der Waals surface area contributed by atoms with Crippen LogP contribution in [-0.2, 0) is 16.8 Å². The minimum absolute atomic E-state index is 0.222. The third kappa shape index (κ3) is 3.98. The molecule has 0 unspecified atom stereocenters. The summed E-state index contributed by atoms with van der Waals surface area (Å²) in [5.41, 5.74) is 2.92. The number of fused-ring (bicyclic) bond motifs is 1. The van der Waals surface area contributed by atoms with Crippen LogP contribution >= 0.6 is 0 Å². The molecule has 1 amide bonds. The molecular weight excluding hydrogens is 398 g/mol. The number of carbonyl (C=O) groups excluding carboxylic acids is 2. The number of hydrogen-bond donors (Lipinski definition) is 1. The zero-order chi connectivity index (χ0) is 22.9. The summed E-state index contributed by atoms with van der Waals surface area (Å²) in [6.45, 7) is 6.48. The van der Waals surface area contributed by atoms with Crippen LogP contribution in [0.2, 0.25) is 0 Å². The van der Waals surface area contributed by atoms with E-state index in [1.807, 2.05) is 67.6 Å². The molecule has 164 valence electrons. The fourth-order valence-electron chi connectivity index (χ4n) is 4.41. The van der Waals surface area contributed by atoms with Crippen molar-refractivity contribution in [3.8, 4) is 0 Å². The summed E-state index contributed by atoms with van der Waals surface area (Å²) < 4.78 is 0. The van der Waals surface area contributed by atoms with Gasteiger partial charge in [0.05, 0.1) is 12.1 Å². The van der Waals surface area contributed by atoms with Gasteiger partial charge in [-0.3, -0.25) is 9.59 Å². The Bertz CT molecular complexity index is 1150. The van der Waals surface area contributed by atoms with Gasteiger partial charge in [-0.1, -0.05) is 74.5 Å². The number of benzene rings is 3. The number of rotatable bonds is 7. The lowest BCUT2D eigenvalue weighted by Crippen LogP contribution is -2.42. The molecule has 32 heavy (non-hydrogen) atoms. The van der Waals surface area contributed by atoms with Gasteiger partial charge in [0.1, 0.15) is 0 Å². The van der Waals surface area contributed by atoms with Crippen LogP contribution in [0.1, 0.15) is 58.8 Å². The monoisotopic (exact) mass is 427 g/mol. The van der Waals surface area contributed by atoms with Gasteiger partial charge in [-0.05, 0) is 48.1 Å². The summed E-state index contributed by atoms with van der Waals surface area (Å²) in [5, 5.41) is 11.6. The molecule has 3 aromatic rings. The van der Waals surface area contributed by atoms with Crippen LogP contribution in [0.4, 0.5) is 5.69 Å². The zero-order valence-corrected chi connectivity index (χ0v) is 18.8. The van der Waals surface area contributed by atoms with Crippen LogP contribution in [0.15, 0.2) is 72.8 Å². The number of carbonyl (C=O) groups is 2. The molecule has 0 saturated carbocycles. The number of amides is 1. The molecule has 4 heteroatoms. The van der Waals surface area contributed by atoms with E-state index in [2.05, 4.69) is 13.8 Å². The lowest BCUT2D eigenvalue weighted by molar-refractivity contribution is -0.135. The normalized spacial score (nSPS) is 17.7. The standard InChI is InChI=1S/C28H29NO3/c1-19(2)22-14-13-20(3)23(17-22)26(30)18-28(32)24-11-7-8-12-25(24)29(27(28)31)16-15-21-9-5-4-6-10-21/h4-14,17,19,32H,15-16,18H2,1-3H3/t28-/m0/s1. The van der Waals surface area contributed by atoms with Gasteiger partial charge in [0.2, 0.25) is 0 Å². The Balaban J connectivity index is 1.63. The molecule has 0 aromatic heterocycles. The predicted octanol–water partition coefficient (Wildman–Crippen LogP) is 5.17. The Labute approximate surface area is 189 Å². The zero-order valence-electron chi connectivity index (χ0n) is 18.8. The molecule has 0 radical (unpaired) electrons. The van der Waals surface area contributed by atoms with Crippen molar-refractivity contribution in [2.75, 3.05) is 11.4 Å². The van der Waals surface area contributed by atoms with E-state index in [1.165, 1.54) is 0 Å². The Morgan fingerprint density at radius 1 is 1.00 bits per heavy atom. The van der Waals surface area contributed by atoms with E-state index in [0.29, 0.717) is 29.8 Å². The van der Waals surface area contributed by atoms with E-state index in [-0.39, 0.29) is 18.1 Å². The Morgan fingerprint density at radius 2 is 1.69 bits per heavy atom. The molecule has 1 aliphatic rings. The molecule has 0 saturated heterocycles. The van der Waals surface area contributed by atoms with E-state index in [0.717, 1.165) is 16.7 Å². The predicted molar refractivity (Wildman–Crippen MR) is 127 cm³/mol. The lowest BCUT2D eigenvalue weighted by atomic mass is 9.86. The number of aliphatic hydroxyl groups is 1. The van der Waals surface area contributed by atoms with Crippen LogP contribution in [0.25, 0.3) is 0 Å². The maximum absolute atomic E-state index is 13.5. The van der Waals surface area contributed by atoms with E-state index in [1.54, 1.807) is 17.0 Å². The van der Waals surface area contributed by atoms with Gasteiger partial charge in [0.15, 0.2) is 11.4 Å². The first-order chi connectivity index (χ1) is 15.3. The maximum Gasteiger partial charge on any atom is 0.264 e. The molecule has 1 atom stereocenters. The van der Waals surface area contributed by atoms with E-state index < -0.39 is 11.5 Å². The second-order valence-electron chi connectivity index (χ2n) is 8.90. The third-order valence-electron chi connectivity index (χ3n) is 6.35. The molecule has 4 rings (SSSR count). The third-order valence-corrected chi connectivity index (χ3v) is 6.35. The Kier molecular flexibility index (Phi) is 5.98. The number of hydrogen-bond acceptors (Lipinski definition) is 3. The van der Waals surface area contributed by atoms with Gasteiger partial charge in [-0.2, -0.15) is 0 Å². The van der Waals surface area contributed by atoms with Crippen LogP contribution in [0.3, 0.4) is 0 Å². The summed E-state index contributed by atoms with van der Waals surface area (Å²) in [5.74, 6) is -0.367. The van der Waals surface area contributed by atoms with Crippen LogP contribution in [0.5, 0.6) is 0 Å². The minimum Gasteiger partial charge on any atom is -0.375 e. The van der Waals surface area contributed by atoms with Crippen molar-refractivity contribution >= 4 is 17.4 Å². The second-order valence-corrected chi connectivity index (χ2v) is 8.90. The highest BCUT2D eigenvalue weighted by Gasteiger charge is 2.50. The van der Waals surface area contributed by atoms with E-state index >= 15 is 0 Å². The summed E-state index contributed by atoms with van der Waals surface area (Å²) in [7, 11) is 0. The summed E-state index contributed by atoms with van der Waals surface area (Å²) in [6, 6.07) is 23.0. The van der Waals surface area contributed by atoms with Gasteiger partial charge >= 0.3 is 0 Å². The smallest absolute Gasteiger partial charge is 0.264 e. The van der Waals surface area contributed by atoms with Crippen molar-refractivity contribution < 1.29 is 14.7 Å². The maximum atomic E-state index is 13.5. The number of aryl methyl sites for hydroxylation is 1. The first kappa shape index (κ1) is 22.0. The minimum atomic E-state index is -1.86. The highest BCUT2D eigenvalue weighted by Crippen LogP contribution is 2.43. The molecule has 0 spiro atoms. The first-order valence-corrected chi connectivity index (χ1v) is 11.1. The summed E-state index contributed by atoms with van der Waals surface area (Å²) >= 11 is 0. The molecule has 1 heterocycles. The molecule has 1 N–H and O–H groups in total. The number of ketones is 1. The molecule has 0 fully saturated rings. The van der Waals surface area contributed by atoms with E-state index in [9.17, 15) is 14.7 Å². The van der Waals surface area contributed by atoms with Crippen LogP contribution in [0, 0.1) is 6.92 Å². The largest absolute Gasteiger partial charge is 0.375 e. The van der Waals surface area contributed by atoms with Crippen molar-refractivity contribution in [1.29, 1.82) is 0 Å². The van der Waals surface area contributed by atoms with Gasteiger partial charge in [0.25, 0.3) is 5.91 Å².